The molecule has 1 aliphatic rings. The number of nitrogens with one attached hydrogen (secondary N) is 2. The minimum Gasteiger partial charge on any atom is -0.361 e. The predicted molar refractivity (Wildman–Crippen MR) is 80.2 cm³/mol. The number of piperidine rings is 1. The summed E-state index contributed by atoms with van der Waals surface area (Å²) in [4.78, 5) is 15.2. The number of rotatable bonds is 4. The summed E-state index contributed by atoms with van der Waals surface area (Å²) in [7, 11) is 0. The van der Waals surface area contributed by atoms with Gasteiger partial charge in [0.1, 0.15) is 0 Å². The summed E-state index contributed by atoms with van der Waals surface area (Å²) in [6.07, 6.45) is 6.98. The molecule has 4 heteroatoms. The maximum atomic E-state index is 12.0. The number of para-hydroxylation sites is 1. The van der Waals surface area contributed by atoms with E-state index in [1.807, 2.05) is 18.3 Å². The van der Waals surface area contributed by atoms with Crippen molar-refractivity contribution in [2.24, 2.45) is 0 Å². The Morgan fingerprint density at radius 3 is 2.85 bits per heavy atom. The highest BCUT2D eigenvalue weighted by molar-refractivity contribution is 5.84. The van der Waals surface area contributed by atoms with Gasteiger partial charge in [-0.2, -0.15) is 0 Å². The molecule has 2 heterocycles. The number of aryl methyl sites for hydroxylation is 1. The van der Waals surface area contributed by atoms with Crippen molar-refractivity contribution in [3.63, 3.8) is 0 Å². The van der Waals surface area contributed by atoms with E-state index in [0.717, 1.165) is 25.0 Å². The van der Waals surface area contributed by atoms with Crippen LogP contribution in [0.2, 0.25) is 0 Å². The van der Waals surface area contributed by atoms with Gasteiger partial charge in [-0.1, -0.05) is 24.6 Å². The number of hydrogen-bond donors (Lipinski definition) is 2. The number of nitrogens with zero attached hydrogens (tertiary/aromatic N) is 1. The van der Waals surface area contributed by atoms with Gasteiger partial charge in [-0.05, 0) is 30.9 Å². The molecule has 1 aromatic carbocycles. The van der Waals surface area contributed by atoms with Gasteiger partial charge in [0.2, 0.25) is 5.91 Å². The van der Waals surface area contributed by atoms with E-state index in [1.165, 1.54) is 30.2 Å². The molecular formula is C16H21N3O. The van der Waals surface area contributed by atoms with Gasteiger partial charge in [0.25, 0.3) is 0 Å². The quantitative estimate of drug-likeness (QED) is 0.898. The van der Waals surface area contributed by atoms with Crippen molar-refractivity contribution in [3.05, 3.63) is 36.0 Å². The van der Waals surface area contributed by atoms with E-state index in [2.05, 4.69) is 27.6 Å². The van der Waals surface area contributed by atoms with Gasteiger partial charge < -0.3 is 4.98 Å². The number of H-pyrrole nitrogens is 1. The molecule has 0 spiro atoms. The Kier molecular flexibility index (Phi) is 4.02. The number of hydrogen-bond acceptors (Lipinski definition) is 2. The average molecular weight is 271 g/mol. The van der Waals surface area contributed by atoms with E-state index >= 15 is 0 Å². The van der Waals surface area contributed by atoms with Crippen molar-refractivity contribution in [1.82, 2.24) is 15.4 Å². The molecule has 0 saturated carbocycles. The molecule has 106 valence electrons. The smallest absolute Gasteiger partial charge is 0.234 e. The summed E-state index contributed by atoms with van der Waals surface area (Å²) < 4.78 is 0. The van der Waals surface area contributed by atoms with Gasteiger partial charge in [0, 0.05) is 36.6 Å². The zero-order chi connectivity index (χ0) is 13.8. The van der Waals surface area contributed by atoms with E-state index < -0.39 is 0 Å². The second-order valence-corrected chi connectivity index (χ2v) is 5.44. The number of hydrazine groups is 1. The van der Waals surface area contributed by atoms with Crippen LogP contribution in [0.25, 0.3) is 10.9 Å². The molecule has 1 amide bonds. The Bertz CT molecular complexity index is 584. The molecule has 0 unspecified atom stereocenters. The largest absolute Gasteiger partial charge is 0.361 e. The highest BCUT2D eigenvalue weighted by atomic mass is 16.2. The minimum atomic E-state index is 0.122. The Labute approximate surface area is 119 Å². The molecule has 0 aliphatic carbocycles. The maximum absolute atomic E-state index is 12.0. The highest BCUT2D eigenvalue weighted by Crippen LogP contribution is 2.18. The average Bonchev–Trinajstić information content (AvgIpc) is 2.89. The summed E-state index contributed by atoms with van der Waals surface area (Å²) in [6.45, 7) is 1.97. The first-order valence-electron chi connectivity index (χ1n) is 7.42. The van der Waals surface area contributed by atoms with Gasteiger partial charge in [-0.3, -0.25) is 10.2 Å². The van der Waals surface area contributed by atoms with Crippen LogP contribution in [0.4, 0.5) is 0 Å². The number of carbonyl (C=O) groups excluding carboxylic acids is 1. The first kappa shape index (κ1) is 13.2. The van der Waals surface area contributed by atoms with Gasteiger partial charge in [-0.15, -0.1) is 0 Å². The van der Waals surface area contributed by atoms with Crippen molar-refractivity contribution in [2.45, 2.75) is 32.1 Å². The lowest BCUT2D eigenvalue weighted by molar-refractivity contribution is -0.126. The van der Waals surface area contributed by atoms with E-state index in [0.29, 0.717) is 6.42 Å². The van der Waals surface area contributed by atoms with Crippen molar-refractivity contribution < 1.29 is 4.79 Å². The number of aromatic amines is 1. The molecule has 0 bridgehead atoms. The molecule has 1 fully saturated rings. The van der Waals surface area contributed by atoms with Crippen molar-refractivity contribution in [2.75, 3.05) is 13.1 Å². The number of aromatic nitrogens is 1. The molecule has 20 heavy (non-hydrogen) atoms. The predicted octanol–water partition coefficient (Wildman–Crippen LogP) is 2.62. The molecule has 0 atom stereocenters. The summed E-state index contributed by atoms with van der Waals surface area (Å²) in [5.41, 5.74) is 5.37. The van der Waals surface area contributed by atoms with E-state index in [1.54, 1.807) is 0 Å². The second kappa shape index (κ2) is 6.09. The zero-order valence-electron chi connectivity index (χ0n) is 11.7. The summed E-state index contributed by atoms with van der Waals surface area (Å²) in [6, 6.07) is 8.22. The molecule has 3 rings (SSSR count). The van der Waals surface area contributed by atoms with Crippen LogP contribution in [0.15, 0.2) is 30.5 Å². The van der Waals surface area contributed by atoms with Gasteiger partial charge in [0.15, 0.2) is 0 Å². The van der Waals surface area contributed by atoms with E-state index in [-0.39, 0.29) is 5.91 Å². The number of benzene rings is 1. The first-order valence-corrected chi connectivity index (χ1v) is 7.42. The SMILES string of the molecule is O=C(CCc1c[nH]c2ccccc12)NN1CCCCC1. The number of fused-ring (bicyclic) bond motifs is 1. The van der Waals surface area contributed by atoms with E-state index in [9.17, 15) is 4.79 Å². The lowest BCUT2D eigenvalue weighted by Gasteiger charge is -2.26. The van der Waals surface area contributed by atoms with E-state index in [4.69, 9.17) is 0 Å². The highest BCUT2D eigenvalue weighted by Gasteiger charge is 2.13. The lowest BCUT2D eigenvalue weighted by atomic mass is 10.1. The van der Waals surface area contributed by atoms with Crippen LogP contribution in [0.1, 0.15) is 31.2 Å². The van der Waals surface area contributed by atoms with Crippen LogP contribution in [-0.2, 0) is 11.2 Å². The van der Waals surface area contributed by atoms with Crippen LogP contribution in [-0.4, -0.2) is 29.0 Å². The number of carbonyl (C=O) groups is 1. The molecule has 2 aromatic rings. The minimum absolute atomic E-state index is 0.122. The molecule has 0 radical (unpaired) electrons. The van der Waals surface area contributed by atoms with Crippen LogP contribution in [0, 0.1) is 0 Å². The summed E-state index contributed by atoms with van der Waals surface area (Å²) in [5, 5.41) is 3.28. The number of amides is 1. The summed E-state index contributed by atoms with van der Waals surface area (Å²) in [5.74, 6) is 0.122. The fourth-order valence-electron chi connectivity index (χ4n) is 2.82. The van der Waals surface area contributed by atoms with Crippen molar-refractivity contribution in [3.8, 4) is 0 Å². The maximum Gasteiger partial charge on any atom is 0.234 e. The third-order valence-corrected chi connectivity index (χ3v) is 3.94. The Morgan fingerprint density at radius 1 is 1.20 bits per heavy atom. The molecular weight excluding hydrogens is 250 g/mol. The second-order valence-electron chi connectivity index (χ2n) is 5.44. The van der Waals surface area contributed by atoms with Gasteiger partial charge in [0.05, 0.1) is 0 Å². The third kappa shape index (κ3) is 3.02. The fourth-order valence-corrected chi connectivity index (χ4v) is 2.82. The monoisotopic (exact) mass is 271 g/mol. The normalized spacial score (nSPS) is 16.4. The first-order chi connectivity index (χ1) is 9.83. The van der Waals surface area contributed by atoms with Crippen LogP contribution < -0.4 is 5.43 Å². The Hall–Kier alpha value is -1.81. The summed E-state index contributed by atoms with van der Waals surface area (Å²) >= 11 is 0. The van der Waals surface area contributed by atoms with Crippen LogP contribution >= 0.6 is 0 Å². The fraction of sp³-hybridized carbons (Fsp3) is 0.438. The van der Waals surface area contributed by atoms with Gasteiger partial charge >= 0.3 is 0 Å². The molecule has 1 aromatic heterocycles. The molecule has 2 N–H and O–H groups in total. The Morgan fingerprint density at radius 2 is 2.00 bits per heavy atom. The third-order valence-electron chi connectivity index (χ3n) is 3.94. The molecule has 4 nitrogen and oxygen atoms in total. The Balaban J connectivity index is 1.54. The zero-order valence-corrected chi connectivity index (χ0v) is 11.7. The van der Waals surface area contributed by atoms with Gasteiger partial charge in [-0.25, -0.2) is 5.01 Å². The lowest BCUT2D eigenvalue weighted by Crippen LogP contribution is -2.45. The van der Waals surface area contributed by atoms with Crippen LogP contribution in [0.3, 0.4) is 0 Å². The van der Waals surface area contributed by atoms with Crippen molar-refractivity contribution >= 4 is 16.8 Å². The topological polar surface area (TPSA) is 48.1 Å². The standard InChI is InChI=1S/C16H21N3O/c20-16(18-19-10-4-1-5-11-19)9-8-13-12-17-15-7-3-2-6-14(13)15/h2-3,6-7,12,17H,1,4-5,8-11H2,(H,18,20). The van der Waals surface area contributed by atoms with Crippen LogP contribution in [0.5, 0.6) is 0 Å². The molecule has 1 saturated heterocycles. The van der Waals surface area contributed by atoms with Crippen molar-refractivity contribution in [1.29, 1.82) is 0 Å². The molecule has 1 aliphatic heterocycles.